The number of H-pyrrole nitrogens is 1. The van der Waals surface area contributed by atoms with Gasteiger partial charge in [-0.25, -0.2) is 22.5 Å². The number of ketones is 1. The Hall–Kier alpha value is -5.09. The molecular formula is C29H26F3N7O5S. The number of nitrogens with two attached hydrogens (primary N) is 1. The van der Waals surface area contributed by atoms with Gasteiger partial charge >= 0.3 is 6.61 Å². The number of aromatic amines is 1. The fourth-order valence-corrected chi connectivity index (χ4v) is 5.82. The number of anilines is 2. The number of rotatable bonds is 10. The first kappa shape index (κ1) is 30.0. The van der Waals surface area contributed by atoms with Crippen molar-refractivity contribution in [2.24, 2.45) is 0 Å². The van der Waals surface area contributed by atoms with Crippen LogP contribution in [0.4, 0.5) is 24.7 Å². The number of aromatic nitrogens is 4. The molecule has 1 fully saturated rings. The van der Waals surface area contributed by atoms with E-state index in [1.54, 1.807) is 25.1 Å². The minimum Gasteiger partial charge on any atom is -0.436 e. The van der Waals surface area contributed by atoms with Crippen molar-refractivity contribution in [2.75, 3.05) is 30.4 Å². The maximum Gasteiger partial charge on any atom is 0.387 e. The van der Waals surface area contributed by atoms with Crippen molar-refractivity contribution in [2.45, 2.75) is 19.6 Å². The number of nitrogens with zero attached hydrogens (tertiary/aromatic N) is 4. The van der Waals surface area contributed by atoms with Crippen molar-refractivity contribution < 1.29 is 35.9 Å². The summed E-state index contributed by atoms with van der Waals surface area (Å²) in [5, 5.41) is 7.72. The number of hydrogen-bond donors (Lipinski definition) is 3. The molecule has 3 aromatic heterocycles. The number of alkyl halides is 2. The minimum absolute atomic E-state index is 0.0133. The van der Waals surface area contributed by atoms with Gasteiger partial charge in [0.05, 0.1) is 47.3 Å². The molecule has 2 aromatic carbocycles. The van der Waals surface area contributed by atoms with Gasteiger partial charge in [-0.1, -0.05) is 12.1 Å². The Bertz CT molecular complexity index is 2040. The summed E-state index contributed by atoms with van der Waals surface area (Å²) in [6, 6.07) is 11.5. The van der Waals surface area contributed by atoms with E-state index in [0.29, 0.717) is 22.2 Å². The van der Waals surface area contributed by atoms with E-state index in [-0.39, 0.29) is 59.3 Å². The molecule has 0 atom stereocenters. The molecule has 0 amide bonds. The lowest BCUT2D eigenvalue weighted by atomic mass is 10.1. The average molecular weight is 642 g/mol. The van der Waals surface area contributed by atoms with Gasteiger partial charge in [-0.3, -0.25) is 4.79 Å². The zero-order valence-electron chi connectivity index (χ0n) is 23.8. The van der Waals surface area contributed by atoms with E-state index in [2.05, 4.69) is 20.4 Å². The number of carbonyl (C=O) groups excluding carboxylic acids is 1. The van der Waals surface area contributed by atoms with Crippen molar-refractivity contribution >= 4 is 38.2 Å². The summed E-state index contributed by atoms with van der Waals surface area (Å²) in [4.78, 5) is 20.7. The Kier molecular flexibility index (Phi) is 7.62. The smallest absolute Gasteiger partial charge is 0.387 e. The summed E-state index contributed by atoms with van der Waals surface area (Å²) < 4.78 is 76.6. The minimum atomic E-state index is -3.37. The standard InChI is InChI=1S/C29H26F3N7O5S/c1-15-7-26(43-24-6-4-3-5-19(24)30)34-12-23(15)39-28(33)18(11-35-39)27(40)22-8-16-9-25(44-29(31)32)21(10-20(16)37-22)36-17-13-38(14-17)45(2,41)42/h3-12,17,29,36-37H,13-14,33H2,1-2H3. The van der Waals surface area contributed by atoms with Crippen LogP contribution >= 0.6 is 0 Å². The van der Waals surface area contributed by atoms with Gasteiger partial charge < -0.3 is 25.5 Å². The number of para-hydroxylation sites is 1. The summed E-state index contributed by atoms with van der Waals surface area (Å²) in [6.45, 7) is -1.03. The third-order valence-corrected chi connectivity index (χ3v) is 8.48. The predicted octanol–water partition coefficient (Wildman–Crippen LogP) is 4.46. The molecule has 12 nitrogen and oxygen atoms in total. The normalized spacial score (nSPS) is 14.1. The first-order valence-corrected chi connectivity index (χ1v) is 15.3. The van der Waals surface area contributed by atoms with Gasteiger partial charge in [0.15, 0.2) is 11.6 Å². The molecule has 0 saturated carbocycles. The lowest BCUT2D eigenvalue weighted by Crippen LogP contribution is -2.56. The molecule has 16 heteroatoms. The van der Waals surface area contributed by atoms with E-state index in [1.807, 2.05) is 0 Å². The van der Waals surface area contributed by atoms with Gasteiger partial charge in [-0.15, -0.1) is 0 Å². The largest absolute Gasteiger partial charge is 0.436 e. The van der Waals surface area contributed by atoms with E-state index in [0.717, 1.165) is 6.26 Å². The quantitative estimate of drug-likeness (QED) is 0.187. The van der Waals surface area contributed by atoms with Crippen molar-refractivity contribution in [1.29, 1.82) is 0 Å². The summed E-state index contributed by atoms with van der Waals surface area (Å²) in [6.07, 6.45) is 3.82. The summed E-state index contributed by atoms with van der Waals surface area (Å²) in [7, 11) is -3.37. The molecule has 4 heterocycles. The molecular weight excluding hydrogens is 615 g/mol. The molecule has 0 spiro atoms. The van der Waals surface area contributed by atoms with E-state index in [1.165, 1.54) is 51.7 Å². The molecule has 4 N–H and O–H groups in total. The van der Waals surface area contributed by atoms with Crippen LogP contribution in [-0.2, 0) is 10.0 Å². The maximum atomic E-state index is 14.0. The van der Waals surface area contributed by atoms with Crippen molar-refractivity contribution in [3.63, 3.8) is 0 Å². The number of pyridine rings is 1. The van der Waals surface area contributed by atoms with Gasteiger partial charge in [-0.05, 0) is 42.8 Å². The highest BCUT2D eigenvalue weighted by Gasteiger charge is 2.34. The third kappa shape index (κ3) is 6.01. The molecule has 1 aliphatic rings. The van der Waals surface area contributed by atoms with Crippen LogP contribution in [0, 0.1) is 12.7 Å². The van der Waals surface area contributed by atoms with Gasteiger partial charge in [0.1, 0.15) is 11.6 Å². The van der Waals surface area contributed by atoms with Crippen LogP contribution in [0.2, 0.25) is 0 Å². The van der Waals surface area contributed by atoms with Gasteiger partial charge in [0.25, 0.3) is 0 Å². The zero-order valence-corrected chi connectivity index (χ0v) is 24.6. The predicted molar refractivity (Wildman–Crippen MR) is 159 cm³/mol. The Morgan fingerprint density at radius 2 is 1.89 bits per heavy atom. The average Bonchev–Trinajstić information content (AvgIpc) is 3.53. The van der Waals surface area contributed by atoms with Crippen LogP contribution in [0.3, 0.4) is 0 Å². The topological polar surface area (TPSA) is 157 Å². The summed E-state index contributed by atoms with van der Waals surface area (Å²) in [5.41, 5.74) is 8.27. The van der Waals surface area contributed by atoms with Crippen LogP contribution in [-0.4, -0.2) is 70.3 Å². The highest BCUT2D eigenvalue weighted by Crippen LogP contribution is 2.34. The second-order valence-corrected chi connectivity index (χ2v) is 12.4. The molecule has 234 valence electrons. The Balaban J connectivity index is 1.25. The number of halogens is 3. The molecule has 1 saturated heterocycles. The number of fused-ring (bicyclic) bond motifs is 1. The number of hydrogen-bond acceptors (Lipinski definition) is 9. The number of aryl methyl sites for hydroxylation is 1. The van der Waals surface area contributed by atoms with Crippen LogP contribution in [0.15, 0.2) is 60.9 Å². The molecule has 1 aliphatic heterocycles. The second kappa shape index (κ2) is 11.4. The Morgan fingerprint density at radius 1 is 1.13 bits per heavy atom. The van der Waals surface area contributed by atoms with Gasteiger partial charge in [0, 0.05) is 30.1 Å². The number of nitrogens with one attached hydrogen (secondary N) is 2. The maximum absolute atomic E-state index is 14.0. The molecule has 5 aromatic rings. The lowest BCUT2D eigenvalue weighted by Gasteiger charge is -2.38. The fourth-order valence-electron chi connectivity index (χ4n) is 4.92. The molecule has 0 aliphatic carbocycles. The number of ether oxygens (including phenoxy) is 2. The Labute approximate surface area is 254 Å². The van der Waals surface area contributed by atoms with Gasteiger partial charge in [-0.2, -0.15) is 18.2 Å². The summed E-state index contributed by atoms with van der Waals surface area (Å²) >= 11 is 0. The molecule has 0 radical (unpaired) electrons. The van der Waals surface area contributed by atoms with E-state index >= 15 is 0 Å². The van der Waals surface area contributed by atoms with Crippen molar-refractivity contribution in [1.82, 2.24) is 24.1 Å². The molecule has 6 rings (SSSR count). The monoisotopic (exact) mass is 641 g/mol. The highest BCUT2D eigenvalue weighted by molar-refractivity contribution is 7.88. The van der Waals surface area contributed by atoms with Gasteiger partial charge in [0.2, 0.25) is 21.7 Å². The number of nitrogen functional groups attached to an aromatic ring is 1. The fraction of sp³-hybridized carbons (Fsp3) is 0.207. The first-order chi connectivity index (χ1) is 21.4. The molecule has 0 bridgehead atoms. The van der Waals surface area contributed by atoms with Crippen LogP contribution in [0.1, 0.15) is 21.6 Å². The van der Waals surface area contributed by atoms with Crippen LogP contribution in [0.5, 0.6) is 17.4 Å². The molecule has 45 heavy (non-hydrogen) atoms. The zero-order chi connectivity index (χ0) is 32.0. The highest BCUT2D eigenvalue weighted by atomic mass is 32.2. The lowest BCUT2D eigenvalue weighted by molar-refractivity contribution is -0.0493. The SMILES string of the molecule is Cc1cc(Oc2ccccc2F)ncc1-n1ncc(C(=O)c2cc3cc(OC(F)F)c(NC4CN(S(C)(=O)=O)C4)cc3[nH]2)c1N. The van der Waals surface area contributed by atoms with E-state index in [9.17, 15) is 26.4 Å². The van der Waals surface area contributed by atoms with E-state index < -0.39 is 28.2 Å². The number of sulfonamides is 1. The summed E-state index contributed by atoms with van der Waals surface area (Å²) in [5.74, 6) is -1.02. The van der Waals surface area contributed by atoms with E-state index in [4.69, 9.17) is 15.2 Å². The Morgan fingerprint density at radius 3 is 2.58 bits per heavy atom. The number of carbonyl (C=O) groups is 1. The third-order valence-electron chi connectivity index (χ3n) is 7.25. The second-order valence-electron chi connectivity index (χ2n) is 10.4. The first-order valence-electron chi connectivity index (χ1n) is 13.5. The van der Waals surface area contributed by atoms with Crippen LogP contribution in [0.25, 0.3) is 16.6 Å². The van der Waals surface area contributed by atoms with Crippen molar-refractivity contribution in [3.05, 3.63) is 83.6 Å². The molecule has 0 unspecified atom stereocenters. The van der Waals surface area contributed by atoms with Crippen molar-refractivity contribution in [3.8, 4) is 23.1 Å². The number of benzene rings is 2. The van der Waals surface area contributed by atoms with Crippen LogP contribution < -0.4 is 20.5 Å².